The second-order valence-corrected chi connectivity index (χ2v) is 5.77. The van der Waals surface area contributed by atoms with Crippen LogP contribution in [0.15, 0.2) is 42.5 Å². The van der Waals surface area contributed by atoms with E-state index in [4.69, 9.17) is 0 Å². The average molecular weight is 383 g/mol. The van der Waals surface area contributed by atoms with Crippen LogP contribution in [0.3, 0.4) is 0 Å². The first-order valence-electron chi connectivity index (χ1n) is 7.95. The minimum Gasteiger partial charge on any atom is -0.465 e. The van der Waals surface area contributed by atoms with Gasteiger partial charge < -0.3 is 10.1 Å². The van der Waals surface area contributed by atoms with E-state index >= 15 is 0 Å². The summed E-state index contributed by atoms with van der Waals surface area (Å²) in [5.74, 6) is -2.92. The van der Waals surface area contributed by atoms with E-state index in [0.29, 0.717) is 4.90 Å². The Labute approximate surface area is 157 Å². The minimum atomic E-state index is -0.805. The van der Waals surface area contributed by atoms with Gasteiger partial charge in [0, 0.05) is 12.1 Å². The number of nitrogens with one attached hydrogen (secondary N) is 1. The molecule has 0 unspecified atom stereocenters. The fourth-order valence-corrected chi connectivity index (χ4v) is 2.75. The third kappa shape index (κ3) is 3.30. The molecule has 0 saturated carbocycles. The number of carbonyl (C=O) groups is 4. The summed E-state index contributed by atoms with van der Waals surface area (Å²) in [6.45, 7) is -0.615. The van der Waals surface area contributed by atoms with E-state index in [2.05, 4.69) is 10.1 Å². The Morgan fingerprint density at radius 3 is 2.46 bits per heavy atom. The third-order valence-electron chi connectivity index (χ3n) is 4.07. The quantitative estimate of drug-likeness (QED) is 0.358. The molecular formula is C18H13N3O7. The van der Waals surface area contributed by atoms with Crippen LogP contribution in [0.25, 0.3) is 0 Å². The second kappa shape index (κ2) is 7.27. The molecule has 0 fully saturated rings. The second-order valence-electron chi connectivity index (χ2n) is 5.77. The van der Waals surface area contributed by atoms with Crippen LogP contribution in [0.5, 0.6) is 0 Å². The van der Waals surface area contributed by atoms with Crippen LogP contribution in [-0.2, 0) is 9.53 Å². The Bertz CT molecular complexity index is 1030. The Morgan fingerprint density at radius 1 is 1.11 bits per heavy atom. The van der Waals surface area contributed by atoms with Crippen molar-refractivity contribution in [2.24, 2.45) is 0 Å². The first-order chi connectivity index (χ1) is 13.3. The van der Waals surface area contributed by atoms with E-state index < -0.39 is 35.2 Å². The molecule has 1 heterocycles. The Balaban J connectivity index is 1.79. The van der Waals surface area contributed by atoms with E-state index in [0.717, 1.165) is 12.1 Å². The molecule has 1 N–H and O–H groups in total. The summed E-state index contributed by atoms with van der Waals surface area (Å²) >= 11 is 0. The van der Waals surface area contributed by atoms with Crippen molar-refractivity contribution in [3.8, 4) is 0 Å². The van der Waals surface area contributed by atoms with Crippen molar-refractivity contribution in [2.75, 3.05) is 19.0 Å². The molecule has 2 aromatic rings. The van der Waals surface area contributed by atoms with Crippen LogP contribution in [0, 0.1) is 10.1 Å². The van der Waals surface area contributed by atoms with Crippen molar-refractivity contribution in [2.45, 2.75) is 0 Å². The van der Waals surface area contributed by atoms with E-state index in [1.807, 2.05) is 0 Å². The number of rotatable bonds is 5. The normalized spacial score (nSPS) is 12.5. The van der Waals surface area contributed by atoms with E-state index in [9.17, 15) is 29.3 Å². The van der Waals surface area contributed by atoms with Crippen molar-refractivity contribution < 1.29 is 28.8 Å². The van der Waals surface area contributed by atoms with Crippen molar-refractivity contribution in [1.82, 2.24) is 4.90 Å². The fourth-order valence-electron chi connectivity index (χ4n) is 2.75. The predicted molar refractivity (Wildman–Crippen MR) is 94.9 cm³/mol. The molecule has 28 heavy (non-hydrogen) atoms. The molecule has 142 valence electrons. The van der Waals surface area contributed by atoms with Gasteiger partial charge in [-0.15, -0.1) is 0 Å². The molecule has 0 saturated heterocycles. The van der Waals surface area contributed by atoms with Gasteiger partial charge in [-0.25, -0.2) is 4.79 Å². The smallest absolute Gasteiger partial charge is 0.339 e. The van der Waals surface area contributed by atoms with Gasteiger partial charge in [-0.05, 0) is 18.2 Å². The number of nitro groups is 1. The highest BCUT2D eigenvalue weighted by Crippen LogP contribution is 2.26. The van der Waals surface area contributed by atoms with Gasteiger partial charge in [-0.2, -0.15) is 0 Å². The summed E-state index contributed by atoms with van der Waals surface area (Å²) in [5, 5.41) is 13.3. The van der Waals surface area contributed by atoms with Crippen molar-refractivity contribution in [3.05, 3.63) is 69.3 Å². The summed E-state index contributed by atoms with van der Waals surface area (Å²) in [4.78, 5) is 59.7. The number of para-hydroxylation sites is 1. The zero-order chi connectivity index (χ0) is 20.4. The van der Waals surface area contributed by atoms with E-state index in [1.165, 1.54) is 25.3 Å². The van der Waals surface area contributed by atoms with Crippen LogP contribution >= 0.6 is 0 Å². The first kappa shape index (κ1) is 18.7. The number of carbonyl (C=O) groups excluding carboxylic acids is 4. The van der Waals surface area contributed by atoms with Crippen LogP contribution in [0.4, 0.5) is 11.4 Å². The standard InChI is InChI=1S/C18H13N3O7/c1-28-18(25)12-4-2-3-5-14(12)19-15(22)9-20-16(23)11-7-6-10(21(26)27)8-13(11)17(20)24/h2-8H,9H2,1H3,(H,19,22). The molecule has 2 aromatic carbocycles. The predicted octanol–water partition coefficient (Wildman–Crippen LogP) is 1.62. The van der Waals surface area contributed by atoms with E-state index in [-0.39, 0.29) is 28.1 Å². The number of ether oxygens (including phenoxy) is 1. The minimum absolute atomic E-state index is 0.0154. The molecule has 0 bridgehead atoms. The maximum absolute atomic E-state index is 12.4. The van der Waals surface area contributed by atoms with Gasteiger partial charge in [0.05, 0.1) is 34.4 Å². The summed E-state index contributed by atoms with van der Waals surface area (Å²) in [6.07, 6.45) is 0. The molecule has 0 atom stereocenters. The summed E-state index contributed by atoms with van der Waals surface area (Å²) < 4.78 is 4.63. The molecule has 10 heteroatoms. The molecular weight excluding hydrogens is 370 g/mol. The number of amides is 3. The summed E-state index contributed by atoms with van der Waals surface area (Å²) in [7, 11) is 1.19. The first-order valence-corrected chi connectivity index (χ1v) is 7.95. The van der Waals surface area contributed by atoms with Crippen molar-refractivity contribution >= 4 is 35.1 Å². The Hall–Kier alpha value is -4.08. The van der Waals surface area contributed by atoms with Gasteiger partial charge in [0.1, 0.15) is 6.54 Å². The summed E-state index contributed by atoms with van der Waals surface area (Å²) in [6, 6.07) is 9.37. The summed E-state index contributed by atoms with van der Waals surface area (Å²) in [5.41, 5.74) is -0.221. The number of anilines is 1. The van der Waals surface area contributed by atoms with E-state index in [1.54, 1.807) is 12.1 Å². The molecule has 0 radical (unpaired) electrons. The fraction of sp³-hybridized carbons (Fsp3) is 0.111. The highest BCUT2D eigenvalue weighted by molar-refractivity contribution is 6.23. The van der Waals surface area contributed by atoms with Gasteiger partial charge >= 0.3 is 5.97 Å². The van der Waals surface area contributed by atoms with Gasteiger partial charge in [-0.1, -0.05) is 12.1 Å². The number of non-ortho nitro benzene ring substituents is 1. The van der Waals surface area contributed by atoms with Gasteiger partial charge in [0.15, 0.2) is 0 Å². The van der Waals surface area contributed by atoms with Crippen molar-refractivity contribution in [1.29, 1.82) is 0 Å². The van der Waals surface area contributed by atoms with Crippen LogP contribution in [0.2, 0.25) is 0 Å². The lowest BCUT2D eigenvalue weighted by Crippen LogP contribution is -2.37. The lowest BCUT2D eigenvalue weighted by Gasteiger charge is -2.14. The zero-order valence-corrected chi connectivity index (χ0v) is 14.5. The van der Waals surface area contributed by atoms with Crippen LogP contribution < -0.4 is 5.32 Å². The lowest BCUT2D eigenvalue weighted by molar-refractivity contribution is -0.384. The third-order valence-corrected chi connectivity index (χ3v) is 4.07. The topological polar surface area (TPSA) is 136 Å². The molecule has 0 aromatic heterocycles. The van der Waals surface area contributed by atoms with Gasteiger partial charge in [0.2, 0.25) is 5.91 Å². The highest BCUT2D eigenvalue weighted by atomic mass is 16.6. The number of nitrogens with zero attached hydrogens (tertiary/aromatic N) is 2. The molecule has 3 amide bonds. The zero-order valence-electron chi connectivity index (χ0n) is 14.5. The molecule has 1 aliphatic rings. The Morgan fingerprint density at radius 2 is 1.79 bits per heavy atom. The molecule has 10 nitrogen and oxygen atoms in total. The number of nitro benzene ring substituents is 1. The largest absolute Gasteiger partial charge is 0.465 e. The Kier molecular flexibility index (Phi) is 4.86. The van der Waals surface area contributed by atoms with Crippen LogP contribution in [-0.4, -0.2) is 47.2 Å². The highest BCUT2D eigenvalue weighted by Gasteiger charge is 2.37. The van der Waals surface area contributed by atoms with Crippen molar-refractivity contribution in [3.63, 3.8) is 0 Å². The number of esters is 1. The van der Waals surface area contributed by atoms with Gasteiger partial charge in [0.25, 0.3) is 17.5 Å². The number of hydrogen-bond acceptors (Lipinski definition) is 7. The molecule has 0 aliphatic carbocycles. The lowest BCUT2D eigenvalue weighted by atomic mass is 10.1. The SMILES string of the molecule is COC(=O)c1ccccc1NC(=O)CN1C(=O)c2ccc([N+](=O)[O-])cc2C1=O. The number of imide groups is 1. The monoisotopic (exact) mass is 383 g/mol. The van der Waals surface area contributed by atoms with Gasteiger partial charge in [-0.3, -0.25) is 29.4 Å². The molecule has 3 rings (SSSR count). The number of fused-ring (bicyclic) bond motifs is 1. The molecule has 1 aliphatic heterocycles. The molecule has 0 spiro atoms. The maximum atomic E-state index is 12.4. The number of hydrogen-bond donors (Lipinski definition) is 1. The maximum Gasteiger partial charge on any atom is 0.339 e. The van der Waals surface area contributed by atoms with Crippen LogP contribution in [0.1, 0.15) is 31.1 Å². The average Bonchev–Trinajstić information content (AvgIpc) is 2.92. The number of methoxy groups -OCH3 is 1. The number of benzene rings is 2.